The number of thioether (sulfide) groups is 1. The Morgan fingerprint density at radius 2 is 1.77 bits per heavy atom. The van der Waals surface area contributed by atoms with Crippen LogP contribution in [0.25, 0.3) is 0 Å². The van der Waals surface area contributed by atoms with Gasteiger partial charge in [-0.1, -0.05) is 5.16 Å². The summed E-state index contributed by atoms with van der Waals surface area (Å²) in [6.45, 7) is 12.1. The second-order valence-corrected chi connectivity index (χ2v) is 9.09. The molecule has 0 bridgehead atoms. The molecule has 4 rings (SSSR count). The van der Waals surface area contributed by atoms with Crippen molar-refractivity contribution in [3.8, 4) is 0 Å². The molecule has 2 aromatic rings. The van der Waals surface area contributed by atoms with Crippen LogP contribution in [0, 0.1) is 13.8 Å². The maximum atomic E-state index is 13.2. The van der Waals surface area contributed by atoms with Crippen LogP contribution in [0.15, 0.2) is 27.9 Å². The molecular weight excluding hydrogens is 398 g/mol. The first-order chi connectivity index (χ1) is 14.6. The summed E-state index contributed by atoms with van der Waals surface area (Å²) in [4.78, 5) is 24.7. The van der Waals surface area contributed by atoms with E-state index in [2.05, 4.69) is 19.9 Å². The molecular formula is C22H31N5O2S. The van der Waals surface area contributed by atoms with Crippen LogP contribution in [0.4, 0.5) is 0 Å². The van der Waals surface area contributed by atoms with Crippen LogP contribution < -0.4 is 0 Å². The molecule has 0 atom stereocenters. The summed E-state index contributed by atoms with van der Waals surface area (Å²) in [5.74, 6) is 1.61. The number of piperazine rings is 1. The minimum absolute atomic E-state index is 0.0866. The fraction of sp³-hybridized carbons (Fsp3) is 0.591. The highest BCUT2D eigenvalue weighted by Gasteiger charge is 2.25. The molecule has 0 unspecified atom stereocenters. The van der Waals surface area contributed by atoms with E-state index in [4.69, 9.17) is 4.52 Å². The zero-order valence-corrected chi connectivity index (χ0v) is 18.8. The Labute approximate surface area is 182 Å². The van der Waals surface area contributed by atoms with Gasteiger partial charge >= 0.3 is 0 Å². The molecule has 0 aliphatic carbocycles. The van der Waals surface area contributed by atoms with Gasteiger partial charge in [-0.25, -0.2) is 4.98 Å². The molecule has 0 saturated carbocycles. The Hall–Kier alpha value is -1.90. The zero-order chi connectivity index (χ0) is 20.9. The Morgan fingerprint density at radius 1 is 1.07 bits per heavy atom. The van der Waals surface area contributed by atoms with Crippen LogP contribution in [0.2, 0.25) is 0 Å². The molecule has 1 amide bonds. The third-order valence-corrected chi connectivity index (χ3v) is 7.16. The van der Waals surface area contributed by atoms with Crippen LogP contribution in [0.1, 0.15) is 40.2 Å². The molecule has 30 heavy (non-hydrogen) atoms. The van der Waals surface area contributed by atoms with E-state index in [1.807, 2.05) is 30.9 Å². The molecule has 2 saturated heterocycles. The van der Waals surface area contributed by atoms with Crippen molar-refractivity contribution in [1.29, 1.82) is 0 Å². The number of aryl methyl sites for hydroxylation is 2. The van der Waals surface area contributed by atoms with Crippen molar-refractivity contribution in [2.45, 2.75) is 37.5 Å². The van der Waals surface area contributed by atoms with Gasteiger partial charge in [0.05, 0.1) is 11.3 Å². The Morgan fingerprint density at radius 3 is 2.43 bits per heavy atom. The third kappa shape index (κ3) is 5.04. The molecule has 2 aliphatic rings. The van der Waals surface area contributed by atoms with Gasteiger partial charge in [0, 0.05) is 56.8 Å². The van der Waals surface area contributed by atoms with Gasteiger partial charge in [-0.3, -0.25) is 9.69 Å². The molecule has 0 N–H and O–H groups in total. The summed E-state index contributed by atoms with van der Waals surface area (Å²) in [5.41, 5.74) is 2.67. The first-order valence-corrected chi connectivity index (χ1v) is 11.8. The number of pyridine rings is 1. The van der Waals surface area contributed by atoms with Gasteiger partial charge in [-0.15, -0.1) is 11.8 Å². The Balaban J connectivity index is 1.32. The van der Waals surface area contributed by atoms with Gasteiger partial charge in [0.1, 0.15) is 10.8 Å². The molecule has 0 spiro atoms. The van der Waals surface area contributed by atoms with Crippen molar-refractivity contribution < 1.29 is 9.32 Å². The minimum atomic E-state index is 0.0866. The number of likely N-dealkylation sites (tertiary alicyclic amines) is 1. The molecule has 8 heteroatoms. The second-order valence-electron chi connectivity index (χ2n) is 8.13. The van der Waals surface area contributed by atoms with Gasteiger partial charge in [0.2, 0.25) is 0 Å². The summed E-state index contributed by atoms with van der Waals surface area (Å²) >= 11 is 1.57. The van der Waals surface area contributed by atoms with E-state index in [1.165, 1.54) is 25.9 Å². The smallest absolute Gasteiger partial charge is 0.256 e. The highest BCUT2D eigenvalue weighted by molar-refractivity contribution is 7.98. The summed E-state index contributed by atoms with van der Waals surface area (Å²) in [6.07, 6.45) is 4.43. The number of hydrogen-bond donors (Lipinski definition) is 0. The van der Waals surface area contributed by atoms with Crippen LogP contribution >= 0.6 is 11.8 Å². The number of hydrogen-bond acceptors (Lipinski definition) is 7. The number of nitrogens with zero attached hydrogens (tertiary/aromatic N) is 5. The predicted molar refractivity (Wildman–Crippen MR) is 118 cm³/mol. The summed E-state index contributed by atoms with van der Waals surface area (Å²) < 4.78 is 5.25. The summed E-state index contributed by atoms with van der Waals surface area (Å²) in [7, 11) is 0. The molecule has 2 aromatic heterocycles. The average Bonchev–Trinajstić information content (AvgIpc) is 3.41. The number of carbonyl (C=O) groups is 1. The molecule has 2 fully saturated rings. The summed E-state index contributed by atoms with van der Waals surface area (Å²) in [5, 5.41) is 4.79. The second kappa shape index (κ2) is 9.94. The van der Waals surface area contributed by atoms with Crippen molar-refractivity contribution in [3.63, 3.8) is 0 Å². The minimum Gasteiger partial charge on any atom is -0.361 e. The van der Waals surface area contributed by atoms with E-state index in [0.717, 1.165) is 61.3 Å². The van der Waals surface area contributed by atoms with E-state index in [0.29, 0.717) is 11.3 Å². The van der Waals surface area contributed by atoms with Crippen LogP contribution in [0.5, 0.6) is 0 Å². The van der Waals surface area contributed by atoms with E-state index in [-0.39, 0.29) is 5.91 Å². The lowest BCUT2D eigenvalue weighted by Gasteiger charge is -2.35. The lowest BCUT2D eigenvalue weighted by atomic mass is 10.2. The predicted octanol–water partition coefficient (Wildman–Crippen LogP) is 2.83. The standard InChI is InChI=1S/C22H31N5O2S/c1-17-20(18(2)29-24-17)16-30-21-19(6-5-7-23-21)22(28)27-14-12-26(13-15-27)11-10-25-8-3-4-9-25/h5-7H,3-4,8-16H2,1-2H3. The van der Waals surface area contributed by atoms with Crippen molar-refractivity contribution in [2.24, 2.45) is 0 Å². The maximum absolute atomic E-state index is 13.2. The van der Waals surface area contributed by atoms with Gasteiger partial charge < -0.3 is 14.3 Å². The number of carbonyl (C=O) groups excluding carboxylic acids is 1. The largest absolute Gasteiger partial charge is 0.361 e. The lowest BCUT2D eigenvalue weighted by molar-refractivity contribution is 0.0622. The third-order valence-electron chi connectivity index (χ3n) is 6.13. The van der Waals surface area contributed by atoms with E-state index in [1.54, 1.807) is 18.0 Å². The van der Waals surface area contributed by atoms with Gasteiger partial charge in [-0.2, -0.15) is 0 Å². The molecule has 2 aliphatic heterocycles. The highest BCUT2D eigenvalue weighted by Crippen LogP contribution is 2.28. The van der Waals surface area contributed by atoms with Crippen LogP contribution in [0.3, 0.4) is 0 Å². The molecule has 162 valence electrons. The van der Waals surface area contributed by atoms with E-state index >= 15 is 0 Å². The quantitative estimate of drug-likeness (QED) is 0.627. The number of amides is 1. The van der Waals surface area contributed by atoms with E-state index in [9.17, 15) is 4.79 Å². The van der Waals surface area contributed by atoms with Crippen LogP contribution in [-0.2, 0) is 5.75 Å². The van der Waals surface area contributed by atoms with Crippen LogP contribution in [-0.4, -0.2) is 83.1 Å². The van der Waals surface area contributed by atoms with Crippen molar-refractivity contribution >= 4 is 17.7 Å². The summed E-state index contributed by atoms with van der Waals surface area (Å²) in [6, 6.07) is 3.74. The fourth-order valence-electron chi connectivity index (χ4n) is 4.15. The molecule has 0 radical (unpaired) electrons. The monoisotopic (exact) mass is 429 g/mol. The molecule has 0 aromatic carbocycles. The molecule has 7 nitrogen and oxygen atoms in total. The average molecular weight is 430 g/mol. The molecule has 4 heterocycles. The number of rotatable bonds is 7. The lowest BCUT2D eigenvalue weighted by Crippen LogP contribution is -2.50. The fourth-order valence-corrected chi connectivity index (χ4v) is 5.29. The first-order valence-electron chi connectivity index (χ1n) is 10.9. The zero-order valence-electron chi connectivity index (χ0n) is 18.0. The van der Waals surface area contributed by atoms with Crippen molar-refractivity contribution in [3.05, 3.63) is 40.9 Å². The first kappa shape index (κ1) is 21.3. The Kier molecular flexibility index (Phi) is 7.07. The van der Waals surface area contributed by atoms with Gasteiger partial charge in [-0.05, 0) is 51.9 Å². The van der Waals surface area contributed by atoms with Crippen molar-refractivity contribution in [1.82, 2.24) is 24.8 Å². The normalized spacial score (nSPS) is 18.3. The van der Waals surface area contributed by atoms with Gasteiger partial charge in [0.15, 0.2) is 0 Å². The SMILES string of the molecule is Cc1noc(C)c1CSc1ncccc1C(=O)N1CCN(CCN2CCCC2)CC1. The maximum Gasteiger partial charge on any atom is 0.256 e. The number of aromatic nitrogens is 2. The van der Waals surface area contributed by atoms with Crippen molar-refractivity contribution in [2.75, 3.05) is 52.4 Å². The Bertz CT molecular complexity index is 837. The highest BCUT2D eigenvalue weighted by atomic mass is 32.2. The van der Waals surface area contributed by atoms with Gasteiger partial charge in [0.25, 0.3) is 5.91 Å². The van der Waals surface area contributed by atoms with E-state index < -0.39 is 0 Å². The topological polar surface area (TPSA) is 65.7 Å².